The Balaban J connectivity index is 1.75. The van der Waals surface area contributed by atoms with Gasteiger partial charge in [-0.05, 0) is 60.1 Å². The zero-order valence-corrected chi connectivity index (χ0v) is 17.8. The Bertz CT molecular complexity index is 955. The second-order valence-electron chi connectivity index (χ2n) is 6.85. The molecule has 6 nitrogen and oxygen atoms in total. The second-order valence-corrected chi connectivity index (χ2v) is 8.88. The highest BCUT2D eigenvalue weighted by Gasteiger charge is 2.36. The van der Waals surface area contributed by atoms with Gasteiger partial charge in [0.2, 0.25) is 5.91 Å². The number of carbonyl (C=O) groups excluding carboxylic acids is 2. The number of thiophene rings is 1. The first-order chi connectivity index (χ1) is 14.1. The minimum Gasteiger partial charge on any atom is -0.351 e. The van der Waals surface area contributed by atoms with Crippen LogP contribution in [0.1, 0.15) is 47.1 Å². The van der Waals surface area contributed by atoms with Crippen LogP contribution < -0.4 is 10.2 Å². The van der Waals surface area contributed by atoms with Crippen molar-refractivity contribution in [2.24, 2.45) is 0 Å². The molecular weight excluding hydrogens is 428 g/mol. The molecule has 2 heterocycles. The monoisotopic (exact) mass is 446 g/mol. The van der Waals surface area contributed by atoms with Gasteiger partial charge in [-0.15, -0.1) is 16.4 Å². The number of rotatable bonds is 6. The lowest BCUT2D eigenvalue weighted by Gasteiger charge is -2.31. The molecule has 150 valence electrons. The van der Waals surface area contributed by atoms with Crippen molar-refractivity contribution < 1.29 is 9.59 Å². The molecule has 0 unspecified atom stereocenters. The van der Waals surface area contributed by atoms with Crippen LogP contribution in [-0.2, 0) is 4.79 Å². The van der Waals surface area contributed by atoms with E-state index in [0.29, 0.717) is 10.7 Å². The van der Waals surface area contributed by atoms with Gasteiger partial charge < -0.3 is 5.32 Å². The van der Waals surface area contributed by atoms with Gasteiger partial charge in [-0.25, -0.2) is 0 Å². The maximum absolute atomic E-state index is 13.4. The molecule has 0 bridgehead atoms. The van der Waals surface area contributed by atoms with E-state index in [9.17, 15) is 9.59 Å². The van der Waals surface area contributed by atoms with Crippen LogP contribution in [0.4, 0.5) is 5.69 Å². The van der Waals surface area contributed by atoms with Crippen molar-refractivity contribution >= 4 is 52.0 Å². The van der Waals surface area contributed by atoms with Gasteiger partial charge in [0.15, 0.2) is 11.7 Å². The van der Waals surface area contributed by atoms with Crippen LogP contribution >= 0.6 is 34.5 Å². The van der Waals surface area contributed by atoms with E-state index in [1.165, 1.54) is 16.2 Å². The normalized spacial score (nSPS) is 15.2. The van der Waals surface area contributed by atoms with E-state index in [-0.39, 0.29) is 23.6 Å². The molecule has 2 aromatic heterocycles. The number of amides is 2. The smallest absolute Gasteiger partial charge is 0.280 e. The standard InChI is InChI=1S/C20H19ClN4O2S2/c21-13-7-9-15(10-8-13)25(20(27)16-12-29-24-23-16)18(17-6-3-11-28-17)19(26)22-14-4-1-2-5-14/h3,6-12,14,18H,1-2,4-5H2,(H,22,26)/t18-/m1/s1. The summed E-state index contributed by atoms with van der Waals surface area (Å²) in [6.07, 6.45) is 4.15. The molecule has 1 N–H and O–H groups in total. The van der Waals surface area contributed by atoms with Crippen molar-refractivity contribution in [2.75, 3.05) is 4.90 Å². The molecular formula is C20H19ClN4O2S2. The van der Waals surface area contributed by atoms with Crippen LogP contribution in [-0.4, -0.2) is 27.4 Å². The van der Waals surface area contributed by atoms with Gasteiger partial charge in [0.25, 0.3) is 5.91 Å². The Morgan fingerprint density at radius 3 is 2.55 bits per heavy atom. The molecule has 4 rings (SSSR count). The van der Waals surface area contributed by atoms with Crippen LogP contribution in [0.5, 0.6) is 0 Å². The molecule has 0 radical (unpaired) electrons. The largest absolute Gasteiger partial charge is 0.351 e. The van der Waals surface area contributed by atoms with Crippen molar-refractivity contribution in [1.29, 1.82) is 0 Å². The average molecular weight is 447 g/mol. The van der Waals surface area contributed by atoms with E-state index in [1.807, 2.05) is 17.5 Å². The summed E-state index contributed by atoms with van der Waals surface area (Å²) >= 11 is 8.59. The summed E-state index contributed by atoms with van der Waals surface area (Å²) < 4.78 is 3.81. The Hall–Kier alpha value is -2.29. The molecule has 0 spiro atoms. The molecule has 0 saturated heterocycles. The summed E-state index contributed by atoms with van der Waals surface area (Å²) in [6.45, 7) is 0. The van der Waals surface area contributed by atoms with Crippen molar-refractivity contribution in [3.63, 3.8) is 0 Å². The zero-order valence-electron chi connectivity index (χ0n) is 15.5. The summed E-state index contributed by atoms with van der Waals surface area (Å²) in [6, 6.07) is 9.99. The van der Waals surface area contributed by atoms with Crippen LogP contribution in [0, 0.1) is 0 Å². The quantitative estimate of drug-likeness (QED) is 0.595. The van der Waals surface area contributed by atoms with Crippen LogP contribution in [0.15, 0.2) is 47.2 Å². The average Bonchev–Trinajstić information content (AvgIpc) is 3.49. The third kappa shape index (κ3) is 4.49. The molecule has 1 atom stereocenters. The van der Waals surface area contributed by atoms with E-state index in [4.69, 9.17) is 11.6 Å². The van der Waals surface area contributed by atoms with E-state index >= 15 is 0 Å². The van der Waals surface area contributed by atoms with Gasteiger partial charge >= 0.3 is 0 Å². The second kappa shape index (κ2) is 9.02. The van der Waals surface area contributed by atoms with Crippen molar-refractivity contribution in [3.8, 4) is 0 Å². The van der Waals surface area contributed by atoms with Crippen LogP contribution in [0.25, 0.3) is 0 Å². The lowest BCUT2D eigenvalue weighted by molar-refractivity contribution is -0.123. The number of hydrogen-bond donors (Lipinski definition) is 1. The van der Waals surface area contributed by atoms with Gasteiger partial charge in [-0.2, -0.15) is 0 Å². The molecule has 9 heteroatoms. The predicted molar refractivity (Wildman–Crippen MR) is 116 cm³/mol. The number of benzene rings is 1. The Labute approximate surface area is 181 Å². The minimum atomic E-state index is -0.800. The number of anilines is 1. The van der Waals surface area contributed by atoms with Crippen LogP contribution in [0.3, 0.4) is 0 Å². The Kier molecular flexibility index (Phi) is 6.22. The fourth-order valence-electron chi connectivity index (χ4n) is 3.54. The summed E-state index contributed by atoms with van der Waals surface area (Å²) in [4.78, 5) is 29.1. The van der Waals surface area contributed by atoms with Crippen LogP contribution in [0.2, 0.25) is 5.02 Å². The van der Waals surface area contributed by atoms with Gasteiger partial charge in [-0.3, -0.25) is 14.5 Å². The molecule has 0 aliphatic heterocycles. The number of aromatic nitrogens is 2. The van der Waals surface area contributed by atoms with Gasteiger partial charge in [0.05, 0.1) is 0 Å². The fraction of sp³-hybridized carbons (Fsp3) is 0.300. The van der Waals surface area contributed by atoms with Crippen molar-refractivity contribution in [3.05, 3.63) is 62.8 Å². The van der Waals surface area contributed by atoms with Crippen molar-refractivity contribution in [2.45, 2.75) is 37.8 Å². The van der Waals surface area contributed by atoms with E-state index < -0.39 is 6.04 Å². The maximum Gasteiger partial charge on any atom is 0.280 e. The summed E-state index contributed by atoms with van der Waals surface area (Å²) in [5.74, 6) is -0.563. The van der Waals surface area contributed by atoms with Gasteiger partial charge in [-0.1, -0.05) is 35.0 Å². The number of nitrogens with one attached hydrogen (secondary N) is 1. The predicted octanol–water partition coefficient (Wildman–Crippen LogP) is 4.70. The van der Waals surface area contributed by atoms with Crippen molar-refractivity contribution in [1.82, 2.24) is 14.9 Å². The third-order valence-corrected chi connectivity index (χ3v) is 6.60. The molecule has 1 aromatic carbocycles. The molecule has 1 aliphatic rings. The molecule has 2 amide bonds. The summed E-state index contributed by atoms with van der Waals surface area (Å²) in [7, 11) is 0. The number of carbonyl (C=O) groups is 2. The van der Waals surface area contributed by atoms with Gasteiger partial charge in [0, 0.05) is 27.0 Å². The molecule has 1 saturated carbocycles. The topological polar surface area (TPSA) is 75.2 Å². The molecule has 29 heavy (non-hydrogen) atoms. The highest BCUT2D eigenvalue weighted by atomic mass is 35.5. The minimum absolute atomic E-state index is 0.146. The zero-order chi connectivity index (χ0) is 20.2. The maximum atomic E-state index is 13.4. The van der Waals surface area contributed by atoms with E-state index in [2.05, 4.69) is 14.9 Å². The van der Waals surface area contributed by atoms with E-state index in [1.54, 1.807) is 29.6 Å². The van der Waals surface area contributed by atoms with Gasteiger partial charge in [0.1, 0.15) is 0 Å². The Morgan fingerprint density at radius 2 is 1.93 bits per heavy atom. The molecule has 1 aliphatic carbocycles. The Morgan fingerprint density at radius 1 is 1.17 bits per heavy atom. The lowest BCUT2D eigenvalue weighted by Crippen LogP contribution is -2.46. The number of halogens is 1. The first kappa shape index (κ1) is 20.0. The first-order valence-corrected chi connectivity index (χ1v) is 11.4. The van der Waals surface area contributed by atoms with E-state index in [0.717, 1.165) is 42.1 Å². The number of nitrogens with zero attached hydrogens (tertiary/aromatic N) is 3. The first-order valence-electron chi connectivity index (χ1n) is 9.33. The molecule has 3 aromatic rings. The lowest BCUT2D eigenvalue weighted by atomic mass is 10.1. The fourth-order valence-corrected chi connectivity index (χ4v) is 4.91. The number of hydrogen-bond acceptors (Lipinski definition) is 6. The highest BCUT2D eigenvalue weighted by Crippen LogP contribution is 2.33. The summed E-state index contributed by atoms with van der Waals surface area (Å²) in [5.41, 5.74) is 0.785. The summed E-state index contributed by atoms with van der Waals surface area (Å²) in [5, 5.41) is 11.1. The highest BCUT2D eigenvalue weighted by molar-refractivity contribution is 7.10. The molecule has 1 fully saturated rings. The third-order valence-electron chi connectivity index (χ3n) is 4.92. The SMILES string of the molecule is O=C(NC1CCCC1)[C@@H](c1cccs1)N(C(=O)c1csnn1)c1ccc(Cl)cc1.